The minimum absolute atomic E-state index is 0.118. The van der Waals surface area contributed by atoms with Gasteiger partial charge in [-0.05, 0) is 19.8 Å². The summed E-state index contributed by atoms with van der Waals surface area (Å²) in [5.41, 5.74) is -1.51. The molecule has 18 heavy (non-hydrogen) atoms. The van der Waals surface area contributed by atoms with E-state index < -0.39 is 23.1 Å². The highest BCUT2D eigenvalue weighted by Gasteiger charge is 2.27. The van der Waals surface area contributed by atoms with Gasteiger partial charge in [-0.2, -0.15) is 0 Å². The van der Waals surface area contributed by atoms with Gasteiger partial charge in [0, 0.05) is 12.7 Å². The molecular formula is C11H13N3O4. The third-order valence-electron chi connectivity index (χ3n) is 2.96. The summed E-state index contributed by atoms with van der Waals surface area (Å²) in [4.78, 5) is 48.9. The van der Waals surface area contributed by atoms with Gasteiger partial charge in [-0.25, -0.2) is 9.36 Å². The van der Waals surface area contributed by atoms with Gasteiger partial charge in [-0.1, -0.05) is 0 Å². The molecule has 1 aromatic rings. The smallest absolute Gasteiger partial charge is 0.329 e. The predicted molar refractivity (Wildman–Crippen MR) is 62.6 cm³/mol. The van der Waals surface area contributed by atoms with Crippen molar-refractivity contribution in [3.8, 4) is 0 Å². The average molecular weight is 251 g/mol. The van der Waals surface area contributed by atoms with E-state index in [9.17, 15) is 19.2 Å². The van der Waals surface area contributed by atoms with E-state index in [4.69, 9.17) is 0 Å². The van der Waals surface area contributed by atoms with Crippen LogP contribution in [0.15, 0.2) is 15.8 Å². The van der Waals surface area contributed by atoms with E-state index in [0.717, 1.165) is 10.8 Å². The number of ketones is 1. The van der Waals surface area contributed by atoms with Gasteiger partial charge in [0.1, 0.15) is 6.04 Å². The predicted octanol–water partition coefficient (Wildman–Crippen LogP) is -0.810. The van der Waals surface area contributed by atoms with E-state index in [1.807, 2.05) is 0 Å². The summed E-state index contributed by atoms with van der Waals surface area (Å²) in [6.07, 6.45) is 2.19. The molecule has 1 amide bonds. The molecule has 1 unspecified atom stereocenters. The van der Waals surface area contributed by atoms with E-state index in [-0.39, 0.29) is 11.5 Å². The van der Waals surface area contributed by atoms with Crippen LogP contribution in [0.1, 0.15) is 36.2 Å². The van der Waals surface area contributed by atoms with Crippen LogP contribution in [0.5, 0.6) is 0 Å². The normalized spacial score (nSPS) is 19.4. The number of carbonyl (C=O) groups is 2. The maximum atomic E-state index is 12.0. The van der Waals surface area contributed by atoms with Crippen LogP contribution in [0, 0.1) is 0 Å². The first-order valence-corrected chi connectivity index (χ1v) is 5.65. The van der Waals surface area contributed by atoms with E-state index in [2.05, 4.69) is 10.3 Å². The lowest BCUT2D eigenvalue weighted by atomic mass is 10.1. The monoisotopic (exact) mass is 251 g/mol. The van der Waals surface area contributed by atoms with Crippen molar-refractivity contribution in [3.05, 3.63) is 32.6 Å². The lowest BCUT2D eigenvalue weighted by Gasteiger charge is -2.22. The van der Waals surface area contributed by atoms with Crippen molar-refractivity contribution >= 4 is 11.7 Å². The molecule has 1 saturated heterocycles. The highest BCUT2D eigenvalue weighted by molar-refractivity contribution is 5.93. The van der Waals surface area contributed by atoms with Crippen molar-refractivity contribution in [1.29, 1.82) is 0 Å². The quantitative estimate of drug-likeness (QED) is 0.671. The maximum Gasteiger partial charge on any atom is 0.329 e. The van der Waals surface area contributed by atoms with Crippen molar-refractivity contribution in [3.63, 3.8) is 0 Å². The number of rotatable bonds is 2. The first kappa shape index (κ1) is 12.3. The van der Waals surface area contributed by atoms with E-state index in [0.29, 0.717) is 19.4 Å². The van der Waals surface area contributed by atoms with Crippen LogP contribution in [-0.4, -0.2) is 27.8 Å². The Balaban J connectivity index is 2.59. The molecule has 1 aliphatic heterocycles. The van der Waals surface area contributed by atoms with Crippen LogP contribution in [0.4, 0.5) is 0 Å². The van der Waals surface area contributed by atoms with Crippen LogP contribution >= 0.6 is 0 Å². The zero-order valence-corrected chi connectivity index (χ0v) is 9.86. The van der Waals surface area contributed by atoms with Gasteiger partial charge in [-0.3, -0.25) is 14.4 Å². The first-order valence-electron chi connectivity index (χ1n) is 5.65. The number of nitrogens with one attached hydrogen (secondary N) is 2. The summed E-state index contributed by atoms with van der Waals surface area (Å²) in [7, 11) is 0. The molecular weight excluding hydrogens is 238 g/mol. The SMILES string of the molecule is CC(=O)c1c[nH]c(=O)n(C2CCCNC2=O)c1=O. The Bertz CT molecular complexity index is 613. The summed E-state index contributed by atoms with van der Waals surface area (Å²) < 4.78 is 0.825. The zero-order valence-electron chi connectivity index (χ0n) is 9.86. The molecule has 0 aliphatic carbocycles. The number of hydrogen-bond acceptors (Lipinski definition) is 4. The molecule has 1 fully saturated rings. The van der Waals surface area contributed by atoms with Gasteiger partial charge in [0.2, 0.25) is 5.91 Å². The van der Waals surface area contributed by atoms with Crippen LogP contribution in [-0.2, 0) is 4.79 Å². The summed E-state index contributed by atoms with van der Waals surface area (Å²) in [5, 5.41) is 2.60. The van der Waals surface area contributed by atoms with Crippen molar-refractivity contribution in [2.75, 3.05) is 6.54 Å². The van der Waals surface area contributed by atoms with Gasteiger partial charge in [0.25, 0.3) is 5.56 Å². The Morgan fingerprint density at radius 2 is 2.11 bits per heavy atom. The molecule has 0 saturated carbocycles. The standard InChI is InChI=1S/C11H13N3O4/c1-6(15)7-5-13-11(18)14(10(7)17)8-3-2-4-12-9(8)16/h5,8H,2-4H2,1H3,(H,12,16)(H,13,18). The van der Waals surface area contributed by atoms with Crippen LogP contribution in [0.3, 0.4) is 0 Å². The summed E-state index contributed by atoms with van der Waals surface area (Å²) in [5.74, 6) is -0.809. The number of carbonyl (C=O) groups excluding carboxylic acids is 2. The Morgan fingerprint density at radius 1 is 1.39 bits per heavy atom. The summed E-state index contributed by atoms with van der Waals surface area (Å²) in [6.45, 7) is 1.77. The van der Waals surface area contributed by atoms with Gasteiger partial charge in [0.05, 0.1) is 5.56 Å². The lowest BCUT2D eigenvalue weighted by molar-refractivity contribution is -0.126. The molecule has 96 valence electrons. The molecule has 7 heteroatoms. The highest BCUT2D eigenvalue weighted by atomic mass is 16.2. The number of piperidine rings is 1. The number of aromatic amines is 1. The van der Waals surface area contributed by atoms with Crippen LogP contribution < -0.4 is 16.6 Å². The minimum atomic E-state index is -0.839. The van der Waals surface area contributed by atoms with Gasteiger partial charge in [0.15, 0.2) is 5.78 Å². The van der Waals surface area contributed by atoms with E-state index in [1.54, 1.807) is 0 Å². The van der Waals surface area contributed by atoms with Crippen molar-refractivity contribution in [2.24, 2.45) is 0 Å². The fraction of sp³-hybridized carbons (Fsp3) is 0.455. The maximum absolute atomic E-state index is 12.0. The molecule has 2 N–H and O–H groups in total. The Morgan fingerprint density at radius 3 is 2.72 bits per heavy atom. The molecule has 2 rings (SSSR count). The average Bonchev–Trinajstić information content (AvgIpc) is 2.31. The van der Waals surface area contributed by atoms with Crippen LogP contribution in [0.25, 0.3) is 0 Å². The first-order chi connectivity index (χ1) is 8.52. The molecule has 1 atom stereocenters. The second kappa shape index (κ2) is 4.59. The molecule has 0 aromatic carbocycles. The molecule has 1 aromatic heterocycles. The van der Waals surface area contributed by atoms with Crippen molar-refractivity contribution in [2.45, 2.75) is 25.8 Å². The second-order valence-corrected chi connectivity index (χ2v) is 4.19. The Kier molecular flexibility index (Phi) is 3.14. The third kappa shape index (κ3) is 1.99. The largest absolute Gasteiger partial charge is 0.354 e. The fourth-order valence-corrected chi connectivity index (χ4v) is 2.02. The lowest BCUT2D eigenvalue weighted by Crippen LogP contribution is -2.48. The number of aromatic nitrogens is 2. The van der Waals surface area contributed by atoms with Crippen molar-refractivity contribution in [1.82, 2.24) is 14.9 Å². The Labute approximate surface area is 102 Å². The second-order valence-electron chi connectivity index (χ2n) is 4.19. The van der Waals surface area contributed by atoms with Gasteiger partial charge < -0.3 is 10.3 Å². The summed E-state index contributed by atoms with van der Waals surface area (Å²) >= 11 is 0. The molecule has 0 spiro atoms. The molecule has 0 bridgehead atoms. The van der Waals surface area contributed by atoms with E-state index >= 15 is 0 Å². The molecule has 7 nitrogen and oxygen atoms in total. The topological polar surface area (TPSA) is 101 Å². The Hall–Kier alpha value is -2.18. The number of amides is 1. The zero-order chi connectivity index (χ0) is 13.3. The van der Waals surface area contributed by atoms with Gasteiger partial charge >= 0.3 is 5.69 Å². The van der Waals surface area contributed by atoms with Crippen LogP contribution in [0.2, 0.25) is 0 Å². The summed E-state index contributed by atoms with van der Waals surface area (Å²) in [6, 6.07) is -0.839. The van der Waals surface area contributed by atoms with Crippen molar-refractivity contribution < 1.29 is 9.59 Å². The molecule has 2 heterocycles. The third-order valence-corrected chi connectivity index (χ3v) is 2.96. The minimum Gasteiger partial charge on any atom is -0.354 e. The molecule has 0 radical (unpaired) electrons. The number of Topliss-reactive ketones (excluding diaryl/α,β-unsaturated/α-hetero) is 1. The number of H-pyrrole nitrogens is 1. The molecule has 1 aliphatic rings. The highest BCUT2D eigenvalue weighted by Crippen LogP contribution is 2.13. The number of hydrogen-bond donors (Lipinski definition) is 2. The van der Waals surface area contributed by atoms with E-state index in [1.165, 1.54) is 6.92 Å². The number of nitrogens with zero attached hydrogens (tertiary/aromatic N) is 1. The fourth-order valence-electron chi connectivity index (χ4n) is 2.02. The van der Waals surface area contributed by atoms with Gasteiger partial charge in [-0.15, -0.1) is 0 Å².